The number of H-pyrrole nitrogens is 1. The molecule has 4 heterocycles. The number of hydrogen-bond donors (Lipinski definition) is 1. The molecule has 6 rings (SSSR count). The maximum absolute atomic E-state index is 13.7. The van der Waals surface area contributed by atoms with Gasteiger partial charge in [-0.25, -0.2) is 4.79 Å². The van der Waals surface area contributed by atoms with Crippen LogP contribution in [0.4, 0.5) is 4.79 Å². The molecular formula is C26H22N4O3. The van der Waals surface area contributed by atoms with Gasteiger partial charge in [0.05, 0.1) is 13.7 Å². The summed E-state index contributed by atoms with van der Waals surface area (Å²) in [5.41, 5.74) is 4.81. The SMILES string of the molecule is COc1ccc([C@H]2c3[nH]c4ccccc4c3C[C@H]3C(=O)N(Cc4cccnc4)C(=O)N23)cc1. The third-order valence-corrected chi connectivity index (χ3v) is 6.63. The van der Waals surface area contributed by atoms with E-state index in [4.69, 9.17) is 4.74 Å². The second kappa shape index (κ2) is 7.48. The van der Waals surface area contributed by atoms with E-state index in [-0.39, 0.29) is 18.5 Å². The number of benzene rings is 2. The quantitative estimate of drug-likeness (QED) is 0.488. The minimum Gasteiger partial charge on any atom is -0.497 e. The van der Waals surface area contributed by atoms with Crippen molar-refractivity contribution in [3.63, 3.8) is 0 Å². The van der Waals surface area contributed by atoms with Crippen molar-refractivity contribution in [3.8, 4) is 5.75 Å². The van der Waals surface area contributed by atoms with E-state index < -0.39 is 12.1 Å². The zero-order valence-corrected chi connectivity index (χ0v) is 18.1. The van der Waals surface area contributed by atoms with E-state index >= 15 is 0 Å². The number of rotatable bonds is 4. The molecule has 7 heteroatoms. The molecule has 7 nitrogen and oxygen atoms in total. The monoisotopic (exact) mass is 438 g/mol. The Morgan fingerprint density at radius 2 is 1.88 bits per heavy atom. The lowest BCUT2D eigenvalue weighted by molar-refractivity contribution is -0.129. The van der Waals surface area contributed by atoms with E-state index in [1.54, 1.807) is 24.4 Å². The first-order valence-electron chi connectivity index (χ1n) is 10.9. The van der Waals surface area contributed by atoms with Crippen molar-refractivity contribution in [1.29, 1.82) is 0 Å². The number of ether oxygens (including phenoxy) is 1. The number of nitrogens with zero attached hydrogens (tertiary/aromatic N) is 3. The number of hydrogen-bond acceptors (Lipinski definition) is 4. The summed E-state index contributed by atoms with van der Waals surface area (Å²) >= 11 is 0. The average Bonchev–Trinajstić information content (AvgIpc) is 3.34. The number of methoxy groups -OCH3 is 1. The molecule has 1 saturated heterocycles. The number of pyridine rings is 1. The Kier molecular flexibility index (Phi) is 4.43. The van der Waals surface area contributed by atoms with Gasteiger partial charge in [-0.15, -0.1) is 0 Å². The summed E-state index contributed by atoms with van der Waals surface area (Å²) < 4.78 is 5.33. The first kappa shape index (κ1) is 19.5. The molecule has 2 aromatic carbocycles. The van der Waals surface area contributed by atoms with Crippen molar-refractivity contribution >= 4 is 22.8 Å². The highest BCUT2D eigenvalue weighted by Gasteiger charge is 2.52. The standard InChI is InChI=1S/C26H22N4O3/c1-33-18-10-8-17(9-11-18)24-23-20(19-6-2-3-7-21(19)28-23)13-22-25(31)29(26(32)30(22)24)15-16-5-4-12-27-14-16/h2-12,14,22,24,28H,13,15H2,1H3/t22-,24-/m0/s1. The van der Waals surface area contributed by atoms with Crippen molar-refractivity contribution < 1.29 is 14.3 Å². The van der Waals surface area contributed by atoms with E-state index in [9.17, 15) is 9.59 Å². The number of aromatic nitrogens is 2. The largest absolute Gasteiger partial charge is 0.497 e. The van der Waals surface area contributed by atoms with Crippen LogP contribution in [0.2, 0.25) is 0 Å². The summed E-state index contributed by atoms with van der Waals surface area (Å²) in [5, 5.41) is 1.09. The third kappa shape index (κ3) is 3.00. The summed E-state index contributed by atoms with van der Waals surface area (Å²) in [6, 6.07) is 18.2. The minimum absolute atomic E-state index is 0.168. The highest BCUT2D eigenvalue weighted by Crippen LogP contribution is 2.44. The fraction of sp³-hybridized carbons (Fsp3) is 0.192. The molecule has 4 aromatic rings. The van der Waals surface area contributed by atoms with E-state index in [0.717, 1.165) is 39.0 Å². The lowest BCUT2D eigenvalue weighted by atomic mass is 9.89. The molecule has 0 unspecified atom stereocenters. The summed E-state index contributed by atoms with van der Waals surface area (Å²) in [6.45, 7) is 0.211. The number of aromatic amines is 1. The fourth-order valence-electron chi connectivity index (χ4n) is 5.08. The van der Waals surface area contributed by atoms with Gasteiger partial charge in [0.2, 0.25) is 0 Å². The molecule has 2 aliphatic rings. The number of nitrogens with one attached hydrogen (secondary N) is 1. The van der Waals surface area contributed by atoms with Gasteiger partial charge in [-0.05, 0) is 41.0 Å². The van der Waals surface area contributed by atoms with Gasteiger partial charge in [-0.1, -0.05) is 36.4 Å². The van der Waals surface area contributed by atoms with Crippen molar-refractivity contribution in [3.05, 3.63) is 95.4 Å². The van der Waals surface area contributed by atoms with Crippen LogP contribution in [0.3, 0.4) is 0 Å². The van der Waals surface area contributed by atoms with Crippen LogP contribution in [0.5, 0.6) is 5.75 Å². The number of urea groups is 1. The minimum atomic E-state index is -0.548. The predicted octanol–water partition coefficient (Wildman–Crippen LogP) is 4.05. The van der Waals surface area contributed by atoms with Gasteiger partial charge in [0.1, 0.15) is 17.8 Å². The average molecular weight is 438 g/mol. The molecule has 0 aliphatic carbocycles. The highest BCUT2D eigenvalue weighted by atomic mass is 16.5. The Hall–Kier alpha value is -4.13. The zero-order chi connectivity index (χ0) is 22.5. The Morgan fingerprint density at radius 1 is 1.06 bits per heavy atom. The molecule has 164 valence electrons. The summed E-state index contributed by atoms with van der Waals surface area (Å²) in [4.78, 5) is 37.9. The van der Waals surface area contributed by atoms with E-state index in [1.807, 2.05) is 54.6 Å². The van der Waals surface area contributed by atoms with E-state index in [0.29, 0.717) is 6.42 Å². The van der Waals surface area contributed by atoms with Crippen LogP contribution < -0.4 is 4.74 Å². The molecule has 33 heavy (non-hydrogen) atoms. The highest BCUT2D eigenvalue weighted by molar-refractivity contribution is 6.05. The summed E-state index contributed by atoms with van der Waals surface area (Å²) in [7, 11) is 1.63. The molecule has 3 amide bonds. The number of amides is 3. The van der Waals surface area contributed by atoms with Crippen LogP contribution in [0.1, 0.15) is 28.4 Å². The van der Waals surface area contributed by atoms with Gasteiger partial charge >= 0.3 is 6.03 Å². The van der Waals surface area contributed by atoms with Gasteiger partial charge in [0.15, 0.2) is 0 Å². The fourth-order valence-corrected chi connectivity index (χ4v) is 5.08. The number of fused-ring (bicyclic) bond motifs is 4. The van der Waals surface area contributed by atoms with Crippen molar-refractivity contribution in [2.45, 2.75) is 25.0 Å². The Balaban J connectivity index is 1.48. The third-order valence-electron chi connectivity index (χ3n) is 6.63. The van der Waals surface area contributed by atoms with Crippen molar-refractivity contribution in [1.82, 2.24) is 19.8 Å². The van der Waals surface area contributed by atoms with Crippen LogP contribution in [0, 0.1) is 0 Å². The Bertz CT molecular complexity index is 1360. The maximum Gasteiger partial charge on any atom is 0.328 e. The molecule has 0 spiro atoms. The lowest BCUT2D eigenvalue weighted by Crippen LogP contribution is -2.44. The van der Waals surface area contributed by atoms with Gasteiger partial charge < -0.3 is 9.72 Å². The topological polar surface area (TPSA) is 78.5 Å². The molecule has 0 bridgehead atoms. The second-order valence-corrected chi connectivity index (χ2v) is 8.43. The second-order valence-electron chi connectivity index (χ2n) is 8.43. The van der Waals surface area contributed by atoms with Crippen LogP contribution in [0.25, 0.3) is 10.9 Å². The first-order valence-corrected chi connectivity index (χ1v) is 10.9. The molecular weight excluding hydrogens is 416 g/mol. The van der Waals surface area contributed by atoms with Gasteiger partial charge in [0.25, 0.3) is 5.91 Å². The number of carbonyl (C=O) groups is 2. The van der Waals surface area contributed by atoms with Gasteiger partial charge in [-0.3, -0.25) is 19.6 Å². The van der Waals surface area contributed by atoms with Crippen LogP contribution in [-0.2, 0) is 17.8 Å². The normalized spacial score (nSPS) is 19.7. The lowest BCUT2D eigenvalue weighted by Gasteiger charge is -2.36. The van der Waals surface area contributed by atoms with Crippen LogP contribution in [0.15, 0.2) is 73.1 Å². The van der Waals surface area contributed by atoms with E-state index in [2.05, 4.69) is 16.0 Å². The van der Waals surface area contributed by atoms with Crippen molar-refractivity contribution in [2.24, 2.45) is 0 Å². The molecule has 1 N–H and O–H groups in total. The van der Waals surface area contributed by atoms with Gasteiger partial charge in [-0.2, -0.15) is 0 Å². The van der Waals surface area contributed by atoms with Gasteiger partial charge in [0, 0.05) is 35.4 Å². The van der Waals surface area contributed by atoms with Crippen LogP contribution >= 0.6 is 0 Å². The van der Waals surface area contributed by atoms with Crippen LogP contribution in [-0.4, -0.2) is 44.9 Å². The molecule has 2 atom stereocenters. The smallest absolute Gasteiger partial charge is 0.328 e. The summed E-state index contributed by atoms with van der Waals surface area (Å²) in [6.07, 6.45) is 3.85. The number of imide groups is 1. The molecule has 0 radical (unpaired) electrons. The molecule has 2 aromatic heterocycles. The molecule has 2 aliphatic heterocycles. The Labute approximate surface area is 190 Å². The number of carbonyl (C=O) groups excluding carboxylic acids is 2. The summed E-state index contributed by atoms with van der Waals surface area (Å²) in [5.74, 6) is 0.573. The molecule has 0 saturated carbocycles. The predicted molar refractivity (Wildman–Crippen MR) is 123 cm³/mol. The number of para-hydroxylation sites is 1. The molecule has 1 fully saturated rings. The van der Waals surface area contributed by atoms with Crippen molar-refractivity contribution in [2.75, 3.05) is 7.11 Å². The maximum atomic E-state index is 13.7. The first-order chi connectivity index (χ1) is 16.2. The Morgan fingerprint density at radius 3 is 2.64 bits per heavy atom. The zero-order valence-electron chi connectivity index (χ0n) is 18.1. The van der Waals surface area contributed by atoms with E-state index in [1.165, 1.54) is 4.90 Å².